The summed E-state index contributed by atoms with van der Waals surface area (Å²) in [6.07, 6.45) is 1.68. The summed E-state index contributed by atoms with van der Waals surface area (Å²) in [5.41, 5.74) is 0.774. The zero-order valence-corrected chi connectivity index (χ0v) is 16.3. The molecule has 3 rings (SSSR count). The van der Waals surface area contributed by atoms with E-state index in [1.54, 1.807) is 38.6 Å². The van der Waals surface area contributed by atoms with E-state index >= 15 is 0 Å². The van der Waals surface area contributed by atoms with Crippen molar-refractivity contribution >= 4 is 46.2 Å². The molecule has 0 saturated carbocycles. The number of amides is 1. The molecule has 1 aliphatic heterocycles. The molecule has 0 aliphatic carbocycles. The average Bonchev–Trinajstić information content (AvgIpc) is 3.32. The number of carbonyl (C=O) groups is 2. The van der Waals surface area contributed by atoms with Crippen molar-refractivity contribution in [3.63, 3.8) is 0 Å². The van der Waals surface area contributed by atoms with Gasteiger partial charge >= 0.3 is 0 Å². The number of amidine groups is 1. The van der Waals surface area contributed by atoms with Crippen molar-refractivity contribution in [1.29, 1.82) is 0 Å². The molecule has 27 heavy (non-hydrogen) atoms. The van der Waals surface area contributed by atoms with Crippen molar-refractivity contribution < 1.29 is 19.1 Å². The monoisotopic (exact) mass is 403 g/mol. The highest BCUT2D eigenvalue weighted by Crippen LogP contribution is 2.27. The smallest absolute Gasteiger partial charge is 0.240 e. The van der Waals surface area contributed by atoms with Crippen molar-refractivity contribution in [2.24, 2.45) is 10.2 Å². The maximum atomic E-state index is 12.2. The van der Waals surface area contributed by atoms with Crippen LogP contribution in [0.1, 0.15) is 21.7 Å². The highest BCUT2D eigenvalue weighted by molar-refractivity contribution is 8.15. The van der Waals surface area contributed by atoms with E-state index < -0.39 is 5.25 Å². The van der Waals surface area contributed by atoms with Gasteiger partial charge in [0.1, 0.15) is 0 Å². The van der Waals surface area contributed by atoms with Crippen LogP contribution in [0.2, 0.25) is 0 Å². The molecule has 1 aromatic carbocycles. The van der Waals surface area contributed by atoms with E-state index in [1.165, 1.54) is 23.1 Å². The number of nitrogens with zero attached hydrogens (tertiary/aromatic N) is 2. The second-order valence-electron chi connectivity index (χ2n) is 5.46. The standard InChI is InChI=1S/C18H17N3O4S2/c1-24-13-6-5-11(8-14(13)25-2)10-19-21-18-20-17(23)16(27-18)9-12(22)15-4-3-7-26-15/h3-8,10,16H,9H2,1-2H3,(H,20,21,23)/b19-10+. The van der Waals surface area contributed by atoms with Gasteiger partial charge in [0, 0.05) is 6.42 Å². The van der Waals surface area contributed by atoms with Crippen LogP contribution < -0.4 is 14.8 Å². The molecule has 2 heterocycles. The van der Waals surface area contributed by atoms with Gasteiger partial charge in [-0.05, 0) is 35.2 Å². The minimum atomic E-state index is -0.491. The van der Waals surface area contributed by atoms with Crippen molar-refractivity contribution in [2.45, 2.75) is 11.7 Å². The van der Waals surface area contributed by atoms with Gasteiger partial charge in [-0.15, -0.1) is 16.4 Å². The van der Waals surface area contributed by atoms with Crippen LogP contribution in [0.25, 0.3) is 0 Å². The van der Waals surface area contributed by atoms with E-state index in [0.717, 1.165) is 5.56 Å². The number of carbonyl (C=O) groups excluding carboxylic acids is 2. The number of benzene rings is 1. The number of hydrogen-bond donors (Lipinski definition) is 1. The van der Waals surface area contributed by atoms with Crippen LogP contribution in [-0.4, -0.2) is 42.5 Å². The summed E-state index contributed by atoms with van der Waals surface area (Å²) in [5, 5.41) is 12.4. The maximum Gasteiger partial charge on any atom is 0.240 e. The van der Waals surface area contributed by atoms with Crippen molar-refractivity contribution in [1.82, 2.24) is 5.32 Å². The number of ether oxygens (including phenoxy) is 2. The molecule has 1 aromatic heterocycles. The number of thioether (sulfide) groups is 1. The van der Waals surface area contributed by atoms with Gasteiger partial charge in [-0.1, -0.05) is 17.8 Å². The van der Waals surface area contributed by atoms with Gasteiger partial charge in [0.2, 0.25) is 5.91 Å². The molecule has 1 saturated heterocycles. The molecule has 0 spiro atoms. The van der Waals surface area contributed by atoms with Gasteiger partial charge in [-0.2, -0.15) is 5.10 Å². The van der Waals surface area contributed by atoms with Crippen LogP contribution in [0.4, 0.5) is 0 Å². The summed E-state index contributed by atoms with van der Waals surface area (Å²) in [6.45, 7) is 0. The predicted molar refractivity (Wildman–Crippen MR) is 107 cm³/mol. The van der Waals surface area contributed by atoms with Crippen LogP contribution in [-0.2, 0) is 4.79 Å². The maximum absolute atomic E-state index is 12.2. The van der Waals surface area contributed by atoms with E-state index in [4.69, 9.17) is 9.47 Å². The Balaban J connectivity index is 1.62. The van der Waals surface area contributed by atoms with Crippen LogP contribution in [0.15, 0.2) is 45.9 Å². The Kier molecular flexibility index (Phi) is 6.25. The molecule has 7 nitrogen and oxygen atoms in total. The second-order valence-corrected chi connectivity index (χ2v) is 7.60. The van der Waals surface area contributed by atoms with Crippen LogP contribution >= 0.6 is 23.1 Å². The van der Waals surface area contributed by atoms with Crippen LogP contribution in [0.3, 0.4) is 0 Å². The summed E-state index contributed by atoms with van der Waals surface area (Å²) in [4.78, 5) is 24.8. The van der Waals surface area contributed by atoms with E-state index in [9.17, 15) is 9.59 Å². The fourth-order valence-electron chi connectivity index (χ4n) is 2.37. The molecule has 0 radical (unpaired) electrons. The van der Waals surface area contributed by atoms with E-state index in [0.29, 0.717) is 21.5 Å². The van der Waals surface area contributed by atoms with Gasteiger partial charge in [-0.3, -0.25) is 9.59 Å². The molecule has 2 aromatic rings. The molecule has 1 atom stereocenters. The first kappa shape index (κ1) is 19.1. The Labute approximate surface area is 164 Å². The number of Topliss-reactive ketones (excluding diaryl/α,β-unsaturated/α-hetero) is 1. The predicted octanol–water partition coefficient (Wildman–Crippen LogP) is 2.96. The third kappa shape index (κ3) is 4.75. The fraction of sp³-hybridized carbons (Fsp3) is 0.222. The summed E-state index contributed by atoms with van der Waals surface area (Å²) >= 11 is 2.58. The average molecular weight is 403 g/mol. The number of methoxy groups -OCH3 is 2. The number of thiophene rings is 1. The Morgan fingerprint density at radius 3 is 2.78 bits per heavy atom. The summed E-state index contributed by atoms with van der Waals surface area (Å²) in [5.74, 6) is 0.931. The molecular weight excluding hydrogens is 386 g/mol. The van der Waals surface area contributed by atoms with Gasteiger partial charge in [0.05, 0.1) is 30.6 Å². The summed E-state index contributed by atoms with van der Waals surface area (Å²) in [7, 11) is 3.12. The highest BCUT2D eigenvalue weighted by atomic mass is 32.2. The molecular formula is C18H17N3O4S2. The molecule has 1 amide bonds. The molecule has 1 unspecified atom stereocenters. The topological polar surface area (TPSA) is 89.4 Å². The Hall–Kier alpha value is -2.65. The normalized spacial score (nSPS) is 18.1. The number of hydrogen-bond acceptors (Lipinski definition) is 8. The Morgan fingerprint density at radius 2 is 2.07 bits per heavy atom. The Bertz CT molecular complexity index is 894. The second kappa shape index (κ2) is 8.83. The zero-order chi connectivity index (χ0) is 19.2. The lowest BCUT2D eigenvalue weighted by Crippen LogP contribution is -2.26. The Morgan fingerprint density at radius 1 is 1.26 bits per heavy atom. The van der Waals surface area contributed by atoms with Gasteiger partial charge in [0.15, 0.2) is 22.4 Å². The van der Waals surface area contributed by atoms with Gasteiger partial charge in [-0.25, -0.2) is 0 Å². The highest BCUT2D eigenvalue weighted by Gasteiger charge is 2.32. The lowest BCUT2D eigenvalue weighted by Gasteiger charge is -2.07. The SMILES string of the molecule is COc1ccc(/C=N/N=C2\NC(=O)C(CC(=O)c3cccs3)S2)cc1OC. The minimum Gasteiger partial charge on any atom is -0.493 e. The number of nitrogens with one attached hydrogen (secondary N) is 1. The third-order valence-corrected chi connectivity index (χ3v) is 5.69. The number of rotatable bonds is 7. The van der Waals surface area contributed by atoms with E-state index in [-0.39, 0.29) is 18.1 Å². The molecule has 0 bridgehead atoms. The first-order valence-electron chi connectivity index (χ1n) is 7.98. The summed E-state index contributed by atoms with van der Waals surface area (Å²) in [6, 6.07) is 8.92. The van der Waals surface area contributed by atoms with Crippen molar-refractivity contribution in [3.8, 4) is 11.5 Å². The van der Waals surface area contributed by atoms with Crippen molar-refractivity contribution in [2.75, 3.05) is 14.2 Å². The van der Waals surface area contributed by atoms with Crippen LogP contribution in [0, 0.1) is 0 Å². The summed E-state index contributed by atoms with van der Waals surface area (Å²) < 4.78 is 10.4. The molecule has 140 valence electrons. The first-order valence-corrected chi connectivity index (χ1v) is 9.74. The third-order valence-electron chi connectivity index (χ3n) is 3.71. The minimum absolute atomic E-state index is 0.0484. The largest absolute Gasteiger partial charge is 0.493 e. The molecule has 9 heteroatoms. The lowest BCUT2D eigenvalue weighted by molar-refractivity contribution is -0.118. The van der Waals surface area contributed by atoms with Crippen LogP contribution in [0.5, 0.6) is 11.5 Å². The van der Waals surface area contributed by atoms with E-state index in [1.807, 2.05) is 17.5 Å². The lowest BCUT2D eigenvalue weighted by atomic mass is 10.2. The zero-order valence-electron chi connectivity index (χ0n) is 14.7. The fourth-order valence-corrected chi connectivity index (χ4v) is 3.97. The first-order chi connectivity index (χ1) is 13.1. The van der Waals surface area contributed by atoms with Crippen molar-refractivity contribution in [3.05, 3.63) is 46.2 Å². The molecule has 1 aliphatic rings. The molecule has 1 N–H and O–H groups in total. The molecule has 1 fully saturated rings. The van der Waals surface area contributed by atoms with Gasteiger partial charge < -0.3 is 14.8 Å². The number of ketones is 1. The quantitative estimate of drug-likeness (QED) is 0.436. The van der Waals surface area contributed by atoms with Gasteiger partial charge in [0.25, 0.3) is 0 Å². The van der Waals surface area contributed by atoms with E-state index in [2.05, 4.69) is 15.5 Å².